The van der Waals surface area contributed by atoms with Gasteiger partial charge in [0.2, 0.25) is 0 Å². The minimum Gasteiger partial charge on any atom is -0.460 e. The molecule has 0 amide bonds. The first-order valence-electron chi connectivity index (χ1n) is 17.5. The van der Waals surface area contributed by atoms with Gasteiger partial charge < -0.3 is 23.7 Å². The molecule has 0 aromatic rings. The molecule has 3 saturated carbocycles. The van der Waals surface area contributed by atoms with E-state index in [2.05, 4.69) is 6.58 Å². The molecule has 0 spiro atoms. The minimum absolute atomic E-state index is 0.0193. The first-order chi connectivity index (χ1) is 21.4. The summed E-state index contributed by atoms with van der Waals surface area (Å²) in [6, 6.07) is 0. The van der Waals surface area contributed by atoms with Gasteiger partial charge in [0.15, 0.2) is 0 Å². The molecule has 3 aliphatic carbocycles. The second kappa shape index (κ2) is 17.3. The average Bonchev–Trinajstić information content (AvgIpc) is 2.94. The molecule has 0 aromatic carbocycles. The lowest BCUT2D eigenvalue weighted by Crippen LogP contribution is -2.47. The maximum absolute atomic E-state index is 12.2. The quantitative estimate of drug-likeness (QED) is 0.0649. The molecule has 0 saturated heterocycles. The summed E-state index contributed by atoms with van der Waals surface area (Å²) in [6.45, 7) is 21.0. The number of rotatable bonds is 13. The molecule has 0 unspecified atom stereocenters. The van der Waals surface area contributed by atoms with E-state index in [1.165, 1.54) is 0 Å². The van der Waals surface area contributed by atoms with Crippen LogP contribution in [0.1, 0.15) is 139 Å². The van der Waals surface area contributed by atoms with Crippen molar-refractivity contribution in [3.05, 3.63) is 12.5 Å². The predicted octanol–water partition coefficient (Wildman–Crippen LogP) is 7.49. The molecule has 10 heteroatoms. The number of esters is 2. The van der Waals surface area contributed by atoms with Crippen molar-refractivity contribution in [3.63, 3.8) is 0 Å². The van der Waals surface area contributed by atoms with Gasteiger partial charge in [-0.2, -0.15) is 4.89 Å². The zero-order valence-corrected chi connectivity index (χ0v) is 31.0. The van der Waals surface area contributed by atoms with Crippen LogP contribution >= 0.6 is 0 Å². The Hall–Kier alpha value is -1.49. The molecular formula is C36H63O9S+. The van der Waals surface area contributed by atoms with Crippen LogP contribution in [-0.2, 0) is 53.9 Å². The smallest absolute Gasteiger partial charge is 0.332 e. The number of hydrogen-bond acceptors (Lipinski definition) is 9. The second-order valence-electron chi connectivity index (χ2n) is 16.2. The van der Waals surface area contributed by atoms with Gasteiger partial charge in [-0.3, -0.25) is 4.89 Å². The van der Waals surface area contributed by atoms with Gasteiger partial charge in [0, 0.05) is 0 Å². The van der Waals surface area contributed by atoms with Gasteiger partial charge in [0.25, 0.3) is 0 Å². The SMILES string of the molecule is C=C(OOC(C)(C)C)OC1CCC([S+](C2CCC(OCC(=O)OC(C)(C)C)CC2)C2CCC(OCC(=O)OC(C)(C)C)CC2)CC1. The highest BCUT2D eigenvalue weighted by atomic mass is 32.2. The van der Waals surface area contributed by atoms with E-state index in [4.69, 9.17) is 33.5 Å². The fourth-order valence-electron chi connectivity index (χ4n) is 6.67. The Morgan fingerprint density at radius 3 is 1.24 bits per heavy atom. The van der Waals surface area contributed by atoms with Crippen LogP contribution in [0.15, 0.2) is 12.5 Å². The lowest BCUT2D eigenvalue weighted by atomic mass is 9.96. The molecule has 0 N–H and O–H groups in total. The Bertz CT molecular complexity index is 903. The van der Waals surface area contributed by atoms with E-state index < -0.39 is 16.8 Å². The van der Waals surface area contributed by atoms with Crippen LogP contribution in [0.5, 0.6) is 0 Å². The van der Waals surface area contributed by atoms with Gasteiger partial charge in [-0.05, 0) is 157 Å². The normalized spacial score (nSPS) is 28.5. The fraction of sp³-hybridized carbons (Fsp3) is 0.889. The third-order valence-electron chi connectivity index (χ3n) is 8.41. The van der Waals surface area contributed by atoms with E-state index in [1.807, 2.05) is 62.3 Å². The summed E-state index contributed by atoms with van der Waals surface area (Å²) in [5, 5.41) is 1.98. The van der Waals surface area contributed by atoms with Crippen LogP contribution in [0, 0.1) is 0 Å². The summed E-state index contributed by atoms with van der Waals surface area (Å²) in [6.07, 6.45) is 13.0. The molecular weight excluding hydrogens is 608 g/mol. The molecule has 3 aliphatic rings. The molecule has 0 aromatic heterocycles. The van der Waals surface area contributed by atoms with Crippen molar-refractivity contribution in [2.75, 3.05) is 13.2 Å². The number of hydrogen-bond donors (Lipinski definition) is 0. The summed E-state index contributed by atoms with van der Waals surface area (Å²) in [7, 11) is 0.263. The van der Waals surface area contributed by atoms with Gasteiger partial charge in [0.1, 0.15) is 51.9 Å². The summed E-state index contributed by atoms with van der Waals surface area (Å²) >= 11 is 0. The van der Waals surface area contributed by atoms with Crippen molar-refractivity contribution in [2.45, 2.75) is 190 Å². The molecule has 9 nitrogen and oxygen atoms in total. The summed E-state index contributed by atoms with van der Waals surface area (Å²) in [5.41, 5.74) is -1.44. The Labute approximate surface area is 281 Å². The van der Waals surface area contributed by atoms with Crippen molar-refractivity contribution in [1.29, 1.82) is 0 Å². The highest BCUT2D eigenvalue weighted by molar-refractivity contribution is 7.98. The highest BCUT2D eigenvalue weighted by Gasteiger charge is 2.48. The topological polar surface area (TPSA) is 98.8 Å². The maximum Gasteiger partial charge on any atom is 0.332 e. The molecule has 46 heavy (non-hydrogen) atoms. The van der Waals surface area contributed by atoms with Gasteiger partial charge >= 0.3 is 17.9 Å². The van der Waals surface area contributed by atoms with Crippen molar-refractivity contribution >= 4 is 22.8 Å². The third-order valence-corrected chi connectivity index (χ3v) is 12.1. The molecule has 0 bridgehead atoms. The van der Waals surface area contributed by atoms with E-state index in [-0.39, 0.29) is 60.3 Å². The Balaban J connectivity index is 1.55. The van der Waals surface area contributed by atoms with Crippen molar-refractivity contribution in [1.82, 2.24) is 0 Å². The number of carbonyl (C=O) groups is 2. The number of ether oxygens (including phenoxy) is 5. The summed E-state index contributed by atoms with van der Waals surface area (Å²) < 4.78 is 29.0. The standard InChI is InChI=1S/C36H63O9S/c1-25(44-45-36(8,9)10)41-28-15-21-31(22-16-28)46(29-17-11-26(12-18-29)39-23-32(37)42-34(2,3)4)30-19-13-27(14-20-30)40-24-33(38)43-35(5,6)7/h26-31H,1,11-24H2,2-10H3/q+1. The lowest BCUT2D eigenvalue weighted by Gasteiger charge is -2.39. The van der Waals surface area contributed by atoms with Crippen molar-refractivity contribution in [2.24, 2.45) is 0 Å². The first kappa shape index (κ1) is 39.0. The minimum atomic E-state index is -0.503. The zero-order chi connectivity index (χ0) is 34.1. The molecule has 0 atom stereocenters. The van der Waals surface area contributed by atoms with E-state index >= 15 is 0 Å². The van der Waals surface area contributed by atoms with Crippen LogP contribution in [0.25, 0.3) is 0 Å². The number of carbonyl (C=O) groups excluding carboxylic acids is 2. The first-order valence-corrected chi connectivity index (χ1v) is 18.9. The van der Waals surface area contributed by atoms with Gasteiger partial charge in [-0.25, -0.2) is 9.59 Å². The average molecular weight is 672 g/mol. The maximum atomic E-state index is 12.2. The zero-order valence-electron chi connectivity index (χ0n) is 30.2. The lowest BCUT2D eigenvalue weighted by molar-refractivity contribution is -0.347. The van der Waals surface area contributed by atoms with E-state index in [0.29, 0.717) is 15.7 Å². The molecule has 0 aliphatic heterocycles. The largest absolute Gasteiger partial charge is 0.460 e. The Morgan fingerprint density at radius 1 is 0.565 bits per heavy atom. The van der Waals surface area contributed by atoms with Crippen LogP contribution < -0.4 is 0 Å². The van der Waals surface area contributed by atoms with Crippen LogP contribution in [0.3, 0.4) is 0 Å². The highest BCUT2D eigenvalue weighted by Crippen LogP contribution is 2.42. The van der Waals surface area contributed by atoms with E-state index in [9.17, 15) is 9.59 Å². The molecule has 3 fully saturated rings. The van der Waals surface area contributed by atoms with E-state index in [1.54, 1.807) is 0 Å². The molecule has 3 rings (SSSR count). The molecule has 0 heterocycles. The van der Waals surface area contributed by atoms with Gasteiger partial charge in [-0.15, -0.1) is 0 Å². The Morgan fingerprint density at radius 2 is 0.913 bits per heavy atom. The fourth-order valence-corrected chi connectivity index (χ4v) is 10.8. The van der Waals surface area contributed by atoms with Gasteiger partial charge in [0.05, 0.1) is 12.2 Å². The van der Waals surface area contributed by atoms with E-state index in [0.717, 1.165) is 77.0 Å². The second-order valence-corrected chi connectivity index (χ2v) is 19.0. The molecule has 266 valence electrons. The monoisotopic (exact) mass is 671 g/mol. The van der Waals surface area contributed by atoms with Crippen LogP contribution in [-0.4, -0.2) is 76.0 Å². The predicted molar refractivity (Wildman–Crippen MR) is 181 cm³/mol. The van der Waals surface area contributed by atoms with Gasteiger partial charge in [-0.1, -0.05) is 0 Å². The summed E-state index contributed by atoms with van der Waals surface area (Å²) in [4.78, 5) is 35.1. The third kappa shape index (κ3) is 14.7. The Kier molecular flexibility index (Phi) is 14.6. The van der Waals surface area contributed by atoms with Crippen LogP contribution in [0.2, 0.25) is 0 Å². The summed E-state index contributed by atoms with van der Waals surface area (Å²) in [5.74, 6) is -0.360. The van der Waals surface area contributed by atoms with Crippen molar-refractivity contribution < 1.29 is 43.0 Å². The van der Waals surface area contributed by atoms with Crippen molar-refractivity contribution in [3.8, 4) is 0 Å². The molecule has 0 radical (unpaired) electrons. The van der Waals surface area contributed by atoms with Crippen LogP contribution in [0.4, 0.5) is 0 Å².